The van der Waals surface area contributed by atoms with Gasteiger partial charge in [-0.15, -0.1) is 0 Å². The molecule has 43 heavy (non-hydrogen) atoms. The van der Waals surface area contributed by atoms with Gasteiger partial charge in [0.05, 0.1) is 5.56 Å². The summed E-state index contributed by atoms with van der Waals surface area (Å²) in [6.45, 7) is 2.05. The van der Waals surface area contributed by atoms with Crippen molar-refractivity contribution in [3.8, 4) is 6.07 Å². The molecule has 0 aliphatic heterocycles. The molecule has 3 aromatic carbocycles. The average Bonchev–Trinajstić information content (AvgIpc) is 3.02. The highest BCUT2D eigenvalue weighted by Gasteiger charge is 2.34. The van der Waals surface area contributed by atoms with Crippen molar-refractivity contribution < 1.29 is 26.3 Å². The van der Waals surface area contributed by atoms with Gasteiger partial charge in [-0.05, 0) is 128 Å². The van der Waals surface area contributed by atoms with Gasteiger partial charge in [0.1, 0.15) is 17.7 Å². The van der Waals surface area contributed by atoms with Gasteiger partial charge >= 0.3 is 0 Å². The maximum atomic E-state index is 15.8. The van der Waals surface area contributed by atoms with Crippen molar-refractivity contribution in [1.82, 2.24) is 0 Å². The number of benzene rings is 3. The molecule has 0 heterocycles. The zero-order chi connectivity index (χ0) is 30.7. The Morgan fingerprint density at radius 1 is 0.721 bits per heavy atom. The SMILES string of the molecule is CCCCCc1ccc(CCC2CCc3c(F)c(C4CCC(c5ccc(C#N)c(F)c5)CC4)c(F)c(F)c3C2)c(F)c1F. The highest BCUT2D eigenvalue weighted by molar-refractivity contribution is 5.41. The summed E-state index contributed by atoms with van der Waals surface area (Å²) in [4.78, 5) is 0. The van der Waals surface area contributed by atoms with Gasteiger partial charge in [0.25, 0.3) is 0 Å². The molecule has 0 N–H and O–H groups in total. The smallest absolute Gasteiger partial charge is 0.165 e. The van der Waals surface area contributed by atoms with E-state index in [0.29, 0.717) is 50.5 Å². The quantitative estimate of drug-likeness (QED) is 0.137. The molecule has 2 aliphatic rings. The maximum Gasteiger partial charge on any atom is 0.165 e. The number of nitrogens with zero attached hydrogens (tertiary/aromatic N) is 1. The fourth-order valence-corrected chi connectivity index (χ4v) is 7.12. The molecule has 3 aromatic rings. The molecule has 228 valence electrons. The third-order valence-corrected chi connectivity index (χ3v) is 9.69. The van der Waals surface area contributed by atoms with Crippen LogP contribution in [0.15, 0.2) is 30.3 Å². The lowest BCUT2D eigenvalue weighted by Gasteiger charge is -2.32. The van der Waals surface area contributed by atoms with Gasteiger partial charge in [0.15, 0.2) is 23.3 Å². The summed E-state index contributed by atoms with van der Waals surface area (Å²) in [5.41, 5.74) is 1.49. The third kappa shape index (κ3) is 6.49. The summed E-state index contributed by atoms with van der Waals surface area (Å²) >= 11 is 0. The number of nitriles is 1. The molecule has 1 saturated carbocycles. The first-order valence-corrected chi connectivity index (χ1v) is 15.6. The van der Waals surface area contributed by atoms with Crippen LogP contribution in [-0.2, 0) is 25.7 Å². The van der Waals surface area contributed by atoms with Crippen LogP contribution in [-0.4, -0.2) is 0 Å². The summed E-state index contributed by atoms with van der Waals surface area (Å²) in [5.74, 6) is -5.57. The molecule has 0 aromatic heterocycles. The normalized spacial score (nSPS) is 20.1. The van der Waals surface area contributed by atoms with E-state index in [2.05, 4.69) is 0 Å². The molecule has 0 saturated heterocycles. The third-order valence-electron chi connectivity index (χ3n) is 9.69. The molecule has 0 spiro atoms. The van der Waals surface area contributed by atoms with E-state index < -0.39 is 40.8 Å². The zero-order valence-electron chi connectivity index (χ0n) is 24.5. The van der Waals surface area contributed by atoms with Crippen LogP contribution in [0.5, 0.6) is 0 Å². The molecular weight excluding hydrogens is 560 g/mol. The molecule has 7 heteroatoms. The Morgan fingerprint density at radius 2 is 1.40 bits per heavy atom. The van der Waals surface area contributed by atoms with E-state index in [1.54, 1.807) is 24.3 Å². The van der Waals surface area contributed by atoms with Crippen molar-refractivity contribution >= 4 is 0 Å². The topological polar surface area (TPSA) is 23.8 Å². The molecule has 1 nitrogen and oxygen atoms in total. The molecule has 5 rings (SSSR count). The Bertz CT molecular complexity index is 1520. The van der Waals surface area contributed by atoms with Crippen molar-refractivity contribution in [3.05, 3.63) is 104 Å². The summed E-state index contributed by atoms with van der Waals surface area (Å²) < 4.78 is 90.1. The Balaban J connectivity index is 1.25. The Hall–Kier alpha value is -3.27. The summed E-state index contributed by atoms with van der Waals surface area (Å²) in [6, 6.07) is 9.59. The van der Waals surface area contributed by atoms with Gasteiger partial charge in [-0.1, -0.05) is 38.0 Å². The van der Waals surface area contributed by atoms with Crippen molar-refractivity contribution in [1.29, 1.82) is 5.26 Å². The number of halogens is 6. The van der Waals surface area contributed by atoms with Crippen LogP contribution >= 0.6 is 0 Å². The van der Waals surface area contributed by atoms with Crippen LogP contribution in [0.4, 0.5) is 26.3 Å². The molecule has 1 fully saturated rings. The van der Waals surface area contributed by atoms with Gasteiger partial charge in [-0.2, -0.15) is 5.26 Å². The first-order valence-electron chi connectivity index (χ1n) is 15.6. The van der Waals surface area contributed by atoms with Gasteiger partial charge in [0.2, 0.25) is 0 Å². The van der Waals surface area contributed by atoms with E-state index in [-0.39, 0.29) is 58.9 Å². The highest BCUT2D eigenvalue weighted by atomic mass is 19.2. The van der Waals surface area contributed by atoms with Gasteiger partial charge in [0, 0.05) is 5.56 Å². The first kappa shape index (κ1) is 31.2. The van der Waals surface area contributed by atoms with E-state index in [1.807, 2.05) is 6.92 Å². The highest BCUT2D eigenvalue weighted by Crippen LogP contribution is 2.45. The number of hydrogen-bond donors (Lipinski definition) is 0. The summed E-state index contributed by atoms with van der Waals surface area (Å²) in [5, 5.41) is 8.97. The number of hydrogen-bond acceptors (Lipinski definition) is 1. The van der Waals surface area contributed by atoms with Crippen LogP contribution in [0.25, 0.3) is 0 Å². The lowest BCUT2D eigenvalue weighted by atomic mass is 9.73. The number of rotatable bonds is 9. The van der Waals surface area contributed by atoms with Gasteiger partial charge in [-0.25, -0.2) is 26.3 Å². The van der Waals surface area contributed by atoms with E-state index in [1.165, 1.54) is 12.1 Å². The maximum absolute atomic E-state index is 15.8. The Morgan fingerprint density at radius 3 is 2.05 bits per heavy atom. The van der Waals surface area contributed by atoms with Crippen molar-refractivity contribution in [3.63, 3.8) is 0 Å². The lowest BCUT2D eigenvalue weighted by molar-refractivity contribution is 0.353. The minimum Gasteiger partial charge on any atom is -0.206 e. The van der Waals surface area contributed by atoms with Gasteiger partial charge in [-0.3, -0.25) is 0 Å². The van der Waals surface area contributed by atoms with Gasteiger partial charge < -0.3 is 0 Å². The molecule has 1 unspecified atom stereocenters. The molecule has 2 aliphatic carbocycles. The monoisotopic (exact) mass is 597 g/mol. The standard InChI is InChI=1S/C36H37F6N/c1-2-3-4-5-24-13-14-25(33(39)32(24)38)8-6-21-7-17-28-29(18-21)35(41)36(42)31(34(28)40)23-11-9-22(10-12-23)26-15-16-27(20-43)30(37)19-26/h13-16,19,21-23H,2-12,17-18H2,1H3. The van der Waals surface area contributed by atoms with Crippen LogP contribution < -0.4 is 0 Å². The number of unbranched alkanes of at least 4 members (excludes halogenated alkanes) is 2. The predicted octanol–water partition coefficient (Wildman–Crippen LogP) is 10.3. The van der Waals surface area contributed by atoms with Crippen LogP contribution in [0.2, 0.25) is 0 Å². The zero-order valence-corrected chi connectivity index (χ0v) is 24.5. The Kier molecular flexibility index (Phi) is 9.84. The molecule has 0 bridgehead atoms. The lowest BCUT2D eigenvalue weighted by Crippen LogP contribution is -2.23. The van der Waals surface area contributed by atoms with Crippen LogP contribution in [0.1, 0.15) is 115 Å². The van der Waals surface area contributed by atoms with Crippen molar-refractivity contribution in [2.75, 3.05) is 0 Å². The van der Waals surface area contributed by atoms with Crippen molar-refractivity contribution in [2.45, 2.75) is 102 Å². The second-order valence-corrected chi connectivity index (χ2v) is 12.3. The molecule has 0 radical (unpaired) electrons. The second kappa shape index (κ2) is 13.6. The second-order valence-electron chi connectivity index (χ2n) is 12.3. The molecule has 1 atom stereocenters. The predicted molar refractivity (Wildman–Crippen MR) is 155 cm³/mol. The fourth-order valence-electron chi connectivity index (χ4n) is 7.12. The van der Waals surface area contributed by atoms with E-state index in [0.717, 1.165) is 24.8 Å². The fraction of sp³-hybridized carbons (Fsp3) is 0.472. The number of fused-ring (bicyclic) bond motifs is 1. The van der Waals surface area contributed by atoms with Crippen LogP contribution in [0, 0.1) is 52.2 Å². The molecular formula is C36H37F6N. The van der Waals surface area contributed by atoms with E-state index in [9.17, 15) is 13.2 Å². The molecule has 0 amide bonds. The summed E-state index contributed by atoms with van der Waals surface area (Å²) in [6.07, 6.45) is 7.01. The number of aryl methyl sites for hydroxylation is 2. The minimum absolute atomic E-state index is 0.00317. The largest absolute Gasteiger partial charge is 0.206 e. The Labute approximate surface area is 249 Å². The summed E-state index contributed by atoms with van der Waals surface area (Å²) in [7, 11) is 0. The van der Waals surface area contributed by atoms with E-state index >= 15 is 13.2 Å². The van der Waals surface area contributed by atoms with Crippen molar-refractivity contribution in [2.24, 2.45) is 5.92 Å². The first-order chi connectivity index (χ1) is 20.7. The van der Waals surface area contributed by atoms with Crippen LogP contribution in [0.3, 0.4) is 0 Å². The van der Waals surface area contributed by atoms with E-state index in [4.69, 9.17) is 5.26 Å². The average molecular weight is 598 g/mol. The minimum atomic E-state index is -1.13.